The van der Waals surface area contributed by atoms with Gasteiger partial charge in [0.05, 0.1) is 6.33 Å². The summed E-state index contributed by atoms with van der Waals surface area (Å²) in [5, 5.41) is 0. The van der Waals surface area contributed by atoms with Gasteiger partial charge in [-0.25, -0.2) is 4.98 Å². The van der Waals surface area contributed by atoms with Crippen LogP contribution < -0.4 is 10.5 Å². The molecule has 0 aliphatic carbocycles. The molecular formula is C13H19BrIN3O. The molecule has 2 rings (SSSR count). The SMILES string of the molecule is CC(Br)CC1CCCCCN1c1nc[nH]c(=O)c1I. The smallest absolute Gasteiger partial charge is 0.266 e. The van der Waals surface area contributed by atoms with Crippen LogP contribution in [0.2, 0.25) is 0 Å². The predicted molar refractivity (Wildman–Crippen MR) is 90.2 cm³/mol. The molecule has 6 heteroatoms. The van der Waals surface area contributed by atoms with Crippen LogP contribution in [0.5, 0.6) is 0 Å². The Bertz CT molecular complexity index is 477. The summed E-state index contributed by atoms with van der Waals surface area (Å²) >= 11 is 5.76. The molecule has 2 atom stereocenters. The molecule has 0 spiro atoms. The van der Waals surface area contributed by atoms with Gasteiger partial charge in [-0.3, -0.25) is 4.79 Å². The summed E-state index contributed by atoms with van der Waals surface area (Å²) in [5.41, 5.74) is -0.0412. The lowest BCUT2D eigenvalue weighted by Gasteiger charge is -2.32. The average molecular weight is 440 g/mol. The minimum absolute atomic E-state index is 0.0412. The van der Waals surface area contributed by atoms with Gasteiger partial charge in [-0.15, -0.1) is 0 Å². The van der Waals surface area contributed by atoms with Crippen molar-refractivity contribution in [2.45, 2.75) is 49.9 Å². The number of nitrogens with one attached hydrogen (secondary N) is 1. The fraction of sp³-hybridized carbons (Fsp3) is 0.692. The van der Waals surface area contributed by atoms with E-state index in [1.54, 1.807) is 0 Å². The third-order valence-corrected chi connectivity index (χ3v) is 4.87. The molecule has 1 aromatic heterocycles. The molecule has 0 aromatic carbocycles. The Morgan fingerprint density at radius 3 is 3.11 bits per heavy atom. The van der Waals surface area contributed by atoms with E-state index >= 15 is 0 Å². The van der Waals surface area contributed by atoms with Gasteiger partial charge in [-0.1, -0.05) is 35.7 Å². The van der Waals surface area contributed by atoms with E-state index in [4.69, 9.17) is 0 Å². The number of anilines is 1. The highest BCUT2D eigenvalue weighted by atomic mass is 127. The van der Waals surface area contributed by atoms with Crippen molar-refractivity contribution in [1.82, 2.24) is 9.97 Å². The molecule has 4 nitrogen and oxygen atoms in total. The van der Waals surface area contributed by atoms with Crippen molar-refractivity contribution in [2.24, 2.45) is 0 Å². The first kappa shape index (κ1) is 15.3. The molecule has 0 radical (unpaired) electrons. The third-order valence-electron chi connectivity index (χ3n) is 3.52. The van der Waals surface area contributed by atoms with Gasteiger partial charge >= 0.3 is 0 Å². The van der Waals surface area contributed by atoms with Crippen LogP contribution in [0.1, 0.15) is 39.0 Å². The zero-order chi connectivity index (χ0) is 13.8. The summed E-state index contributed by atoms with van der Waals surface area (Å²) in [6.45, 7) is 3.18. The molecule has 1 aliphatic heterocycles. The minimum atomic E-state index is -0.0412. The topological polar surface area (TPSA) is 49.0 Å². The van der Waals surface area contributed by atoms with E-state index in [2.05, 4.69) is 60.3 Å². The average Bonchev–Trinajstić information content (AvgIpc) is 2.58. The van der Waals surface area contributed by atoms with Crippen LogP contribution in [0.3, 0.4) is 0 Å². The van der Waals surface area contributed by atoms with E-state index in [0.717, 1.165) is 18.8 Å². The van der Waals surface area contributed by atoms with Crippen LogP contribution in [0.25, 0.3) is 0 Å². The van der Waals surface area contributed by atoms with Crippen molar-refractivity contribution in [3.8, 4) is 0 Å². The lowest BCUT2D eigenvalue weighted by atomic mass is 10.1. The highest BCUT2D eigenvalue weighted by Crippen LogP contribution is 2.28. The summed E-state index contributed by atoms with van der Waals surface area (Å²) in [6.07, 6.45) is 7.49. The van der Waals surface area contributed by atoms with Crippen molar-refractivity contribution >= 4 is 44.3 Å². The van der Waals surface area contributed by atoms with Crippen LogP contribution in [0, 0.1) is 3.57 Å². The van der Waals surface area contributed by atoms with E-state index in [1.807, 2.05) is 0 Å². The van der Waals surface area contributed by atoms with Gasteiger partial charge in [0.25, 0.3) is 5.56 Å². The normalized spacial score (nSPS) is 22.1. The molecule has 2 heterocycles. The molecule has 19 heavy (non-hydrogen) atoms. The summed E-state index contributed by atoms with van der Waals surface area (Å²) < 4.78 is 0.703. The highest BCUT2D eigenvalue weighted by Gasteiger charge is 2.25. The molecule has 0 amide bonds. The molecule has 1 aliphatic rings. The van der Waals surface area contributed by atoms with E-state index in [0.29, 0.717) is 14.4 Å². The van der Waals surface area contributed by atoms with Gasteiger partial charge in [-0.2, -0.15) is 0 Å². The zero-order valence-electron chi connectivity index (χ0n) is 11.0. The second-order valence-electron chi connectivity index (χ2n) is 5.08. The quantitative estimate of drug-likeness (QED) is 0.580. The Morgan fingerprint density at radius 2 is 2.37 bits per heavy atom. The molecule has 0 bridgehead atoms. The number of hydrogen-bond acceptors (Lipinski definition) is 3. The maximum atomic E-state index is 11.8. The fourth-order valence-corrected chi connectivity index (χ4v) is 3.69. The van der Waals surface area contributed by atoms with Crippen LogP contribution in [-0.2, 0) is 0 Å². The maximum Gasteiger partial charge on any atom is 0.266 e. The first-order valence-corrected chi connectivity index (χ1v) is 8.73. The number of aromatic amines is 1. The number of H-pyrrole nitrogens is 1. The standard InChI is InChI=1S/C13H19BrIN3O/c1-9(14)7-10-5-3-2-4-6-18(10)12-11(15)13(19)17-8-16-12/h8-10H,2-7H2,1H3,(H,16,17,19). The van der Waals surface area contributed by atoms with Crippen molar-refractivity contribution in [3.05, 3.63) is 20.3 Å². The number of aromatic nitrogens is 2. The number of nitrogens with zero attached hydrogens (tertiary/aromatic N) is 2. The third kappa shape index (κ3) is 3.93. The van der Waals surface area contributed by atoms with E-state index in [9.17, 15) is 4.79 Å². The second-order valence-corrected chi connectivity index (χ2v) is 7.72. The molecule has 1 saturated heterocycles. The predicted octanol–water partition coefficient (Wildman–Crippen LogP) is 3.30. The lowest BCUT2D eigenvalue weighted by molar-refractivity contribution is 0.530. The Balaban J connectivity index is 2.31. The summed E-state index contributed by atoms with van der Waals surface area (Å²) in [5.74, 6) is 0.851. The van der Waals surface area contributed by atoms with E-state index < -0.39 is 0 Å². The van der Waals surface area contributed by atoms with Crippen molar-refractivity contribution < 1.29 is 0 Å². The van der Waals surface area contributed by atoms with Crippen molar-refractivity contribution in [1.29, 1.82) is 0 Å². The Labute approximate surface area is 135 Å². The monoisotopic (exact) mass is 439 g/mol. The maximum absolute atomic E-state index is 11.8. The molecule has 1 fully saturated rings. The van der Waals surface area contributed by atoms with Crippen LogP contribution in [0.4, 0.5) is 5.82 Å². The number of halogens is 2. The zero-order valence-corrected chi connectivity index (χ0v) is 14.8. The fourth-order valence-electron chi connectivity index (χ4n) is 2.65. The number of hydrogen-bond donors (Lipinski definition) is 1. The largest absolute Gasteiger partial charge is 0.352 e. The number of alkyl halides is 1. The molecular weight excluding hydrogens is 421 g/mol. The van der Waals surface area contributed by atoms with E-state index in [-0.39, 0.29) is 5.56 Å². The Morgan fingerprint density at radius 1 is 1.58 bits per heavy atom. The Kier molecular flexibility index (Phi) is 5.68. The molecule has 106 valence electrons. The van der Waals surface area contributed by atoms with E-state index in [1.165, 1.54) is 32.0 Å². The van der Waals surface area contributed by atoms with Crippen LogP contribution in [-0.4, -0.2) is 27.4 Å². The summed E-state index contributed by atoms with van der Waals surface area (Å²) in [7, 11) is 0. The molecule has 1 N–H and O–H groups in total. The van der Waals surface area contributed by atoms with Gasteiger partial charge in [0, 0.05) is 17.4 Å². The van der Waals surface area contributed by atoms with Gasteiger partial charge in [-0.05, 0) is 41.9 Å². The van der Waals surface area contributed by atoms with Gasteiger partial charge < -0.3 is 9.88 Å². The molecule has 1 aromatic rings. The minimum Gasteiger partial charge on any atom is -0.352 e. The summed E-state index contributed by atoms with van der Waals surface area (Å²) in [4.78, 5) is 21.6. The van der Waals surface area contributed by atoms with Crippen molar-refractivity contribution in [3.63, 3.8) is 0 Å². The highest BCUT2D eigenvalue weighted by molar-refractivity contribution is 14.1. The first-order valence-electron chi connectivity index (χ1n) is 6.73. The summed E-state index contributed by atoms with van der Waals surface area (Å²) in [6, 6.07) is 0.472. The van der Waals surface area contributed by atoms with Crippen LogP contribution >= 0.6 is 38.5 Å². The van der Waals surface area contributed by atoms with Gasteiger partial charge in [0.2, 0.25) is 0 Å². The lowest BCUT2D eigenvalue weighted by Crippen LogP contribution is -2.38. The van der Waals surface area contributed by atoms with Gasteiger partial charge in [0.1, 0.15) is 9.39 Å². The van der Waals surface area contributed by atoms with Crippen LogP contribution in [0.15, 0.2) is 11.1 Å². The number of rotatable bonds is 3. The van der Waals surface area contributed by atoms with Crippen molar-refractivity contribution in [2.75, 3.05) is 11.4 Å². The second kappa shape index (κ2) is 7.06. The Hall–Kier alpha value is -0.110. The molecule has 2 unspecified atom stereocenters. The molecule has 0 saturated carbocycles. The first-order chi connectivity index (χ1) is 9.09. The van der Waals surface area contributed by atoms with Gasteiger partial charge in [0.15, 0.2) is 0 Å².